The van der Waals surface area contributed by atoms with Gasteiger partial charge in [-0.3, -0.25) is 19.4 Å². The number of hydrogen-bond acceptors (Lipinski definition) is 6. The third-order valence-electron chi connectivity index (χ3n) is 4.99. The first-order valence-corrected chi connectivity index (χ1v) is 8.72. The minimum absolute atomic E-state index is 0.0314. The highest BCUT2D eigenvalue weighted by molar-refractivity contribution is 6.01. The molecule has 7 nitrogen and oxygen atoms in total. The van der Waals surface area contributed by atoms with Gasteiger partial charge in [0.2, 0.25) is 11.8 Å². The van der Waals surface area contributed by atoms with Gasteiger partial charge in [-0.1, -0.05) is 12.1 Å². The first-order valence-electron chi connectivity index (χ1n) is 8.72. The molecule has 2 amide bonds. The Kier molecular flexibility index (Phi) is 4.31. The third kappa shape index (κ3) is 3.19. The fourth-order valence-electron chi connectivity index (χ4n) is 3.54. The van der Waals surface area contributed by atoms with Crippen LogP contribution in [-0.4, -0.2) is 70.9 Å². The summed E-state index contributed by atoms with van der Waals surface area (Å²) in [5.74, 6) is 0.919. The molecule has 7 heteroatoms. The largest absolute Gasteiger partial charge is 0.353 e. The summed E-state index contributed by atoms with van der Waals surface area (Å²) in [7, 11) is 0. The molecule has 0 radical (unpaired) electrons. The number of likely N-dealkylation sites (tertiary alicyclic amines) is 1. The molecule has 2 fully saturated rings. The Morgan fingerprint density at radius 3 is 2.36 bits per heavy atom. The van der Waals surface area contributed by atoms with Crippen molar-refractivity contribution in [3.8, 4) is 0 Å². The van der Waals surface area contributed by atoms with Crippen molar-refractivity contribution in [3.63, 3.8) is 0 Å². The number of fused-ring (bicyclic) bond motifs is 1. The Labute approximate surface area is 146 Å². The molecule has 0 N–H and O–H groups in total. The zero-order valence-electron chi connectivity index (χ0n) is 14.1. The van der Waals surface area contributed by atoms with Crippen LogP contribution in [0.3, 0.4) is 0 Å². The Bertz CT molecular complexity index is 780. The number of anilines is 1. The van der Waals surface area contributed by atoms with Gasteiger partial charge in [-0.05, 0) is 12.1 Å². The predicted octanol–water partition coefficient (Wildman–Crippen LogP) is 0.901. The molecular weight excluding hydrogens is 318 g/mol. The highest BCUT2D eigenvalue weighted by Gasteiger charge is 2.29. The number of carbonyl (C=O) groups excluding carboxylic acids is 2. The number of rotatable bonds is 4. The normalized spacial score (nSPS) is 19.2. The average molecular weight is 339 g/mol. The third-order valence-corrected chi connectivity index (χ3v) is 4.99. The maximum atomic E-state index is 11.7. The van der Waals surface area contributed by atoms with E-state index < -0.39 is 0 Å². The van der Waals surface area contributed by atoms with Crippen molar-refractivity contribution < 1.29 is 9.59 Å². The lowest BCUT2D eigenvalue weighted by Crippen LogP contribution is -2.49. The van der Waals surface area contributed by atoms with Crippen molar-refractivity contribution in [2.45, 2.75) is 12.8 Å². The molecular formula is C18H21N5O2. The topological polar surface area (TPSA) is 69.6 Å². The van der Waals surface area contributed by atoms with Gasteiger partial charge in [0, 0.05) is 57.5 Å². The molecule has 0 atom stereocenters. The van der Waals surface area contributed by atoms with E-state index in [-0.39, 0.29) is 11.8 Å². The summed E-state index contributed by atoms with van der Waals surface area (Å²) in [6.45, 7) is 4.80. The van der Waals surface area contributed by atoms with Crippen LogP contribution in [0.4, 0.5) is 5.82 Å². The lowest BCUT2D eigenvalue weighted by molar-refractivity contribution is -0.138. The molecule has 3 heterocycles. The van der Waals surface area contributed by atoms with Crippen LogP contribution in [0, 0.1) is 0 Å². The second kappa shape index (κ2) is 6.76. The summed E-state index contributed by atoms with van der Waals surface area (Å²) >= 11 is 0. The highest BCUT2D eigenvalue weighted by atomic mass is 16.2. The second-order valence-electron chi connectivity index (χ2n) is 6.48. The molecule has 1 aromatic carbocycles. The van der Waals surface area contributed by atoms with Crippen LogP contribution in [0.2, 0.25) is 0 Å². The summed E-state index contributed by atoms with van der Waals surface area (Å²) in [5.41, 5.74) is 0.959. The monoisotopic (exact) mass is 339 g/mol. The average Bonchev–Trinajstić information content (AvgIpc) is 2.98. The van der Waals surface area contributed by atoms with E-state index in [4.69, 9.17) is 0 Å². The number of benzene rings is 1. The molecule has 0 aliphatic carbocycles. The molecule has 0 unspecified atom stereocenters. The van der Waals surface area contributed by atoms with Crippen LogP contribution in [-0.2, 0) is 9.59 Å². The summed E-state index contributed by atoms with van der Waals surface area (Å²) in [5, 5.41) is 1.08. The quantitative estimate of drug-likeness (QED) is 0.771. The van der Waals surface area contributed by atoms with Gasteiger partial charge in [0.15, 0.2) is 0 Å². The Hall–Kier alpha value is -2.54. The van der Waals surface area contributed by atoms with Crippen molar-refractivity contribution in [3.05, 3.63) is 30.6 Å². The van der Waals surface area contributed by atoms with E-state index in [1.54, 1.807) is 6.33 Å². The van der Waals surface area contributed by atoms with Crippen molar-refractivity contribution >= 4 is 28.5 Å². The fraction of sp³-hybridized carbons (Fsp3) is 0.444. The number of aromatic nitrogens is 2. The molecule has 2 aromatic rings. The number of carbonyl (C=O) groups is 2. The van der Waals surface area contributed by atoms with Gasteiger partial charge in [0.25, 0.3) is 0 Å². The van der Waals surface area contributed by atoms with Crippen molar-refractivity contribution in [2.24, 2.45) is 0 Å². The van der Waals surface area contributed by atoms with E-state index >= 15 is 0 Å². The van der Waals surface area contributed by atoms with Gasteiger partial charge in [0.1, 0.15) is 12.1 Å². The maximum absolute atomic E-state index is 11.7. The molecule has 1 aromatic heterocycles. The van der Waals surface area contributed by atoms with E-state index in [1.165, 1.54) is 4.90 Å². The van der Waals surface area contributed by atoms with Crippen LogP contribution in [0.1, 0.15) is 12.8 Å². The Morgan fingerprint density at radius 1 is 0.880 bits per heavy atom. The van der Waals surface area contributed by atoms with Gasteiger partial charge < -0.3 is 4.90 Å². The van der Waals surface area contributed by atoms with Crippen molar-refractivity contribution in [1.29, 1.82) is 0 Å². The van der Waals surface area contributed by atoms with Crippen LogP contribution in [0.15, 0.2) is 30.6 Å². The molecule has 25 heavy (non-hydrogen) atoms. The van der Waals surface area contributed by atoms with Gasteiger partial charge in [0.05, 0.1) is 5.52 Å². The number of hydrogen-bond donors (Lipinski definition) is 0. The lowest BCUT2D eigenvalue weighted by Gasteiger charge is -2.36. The summed E-state index contributed by atoms with van der Waals surface area (Å²) in [4.78, 5) is 38.2. The van der Waals surface area contributed by atoms with E-state index in [0.29, 0.717) is 19.4 Å². The van der Waals surface area contributed by atoms with E-state index in [9.17, 15) is 9.59 Å². The molecule has 2 aliphatic rings. The smallest absolute Gasteiger partial charge is 0.229 e. The molecule has 2 saturated heterocycles. The highest BCUT2D eigenvalue weighted by Crippen LogP contribution is 2.23. The zero-order valence-corrected chi connectivity index (χ0v) is 14.1. The van der Waals surface area contributed by atoms with Crippen LogP contribution >= 0.6 is 0 Å². The standard InChI is InChI=1S/C18H21N5O2/c24-16-5-6-17(25)23(16)12-9-21-7-10-22(11-8-21)18-14-3-1-2-4-15(14)19-13-20-18/h1-4,13H,5-12H2. The van der Waals surface area contributed by atoms with Gasteiger partial charge in [-0.25, -0.2) is 9.97 Å². The molecule has 0 bridgehead atoms. The summed E-state index contributed by atoms with van der Waals surface area (Å²) < 4.78 is 0. The molecule has 0 saturated carbocycles. The van der Waals surface area contributed by atoms with E-state index in [0.717, 1.165) is 49.4 Å². The first-order chi connectivity index (χ1) is 12.2. The number of piperazine rings is 1. The zero-order chi connectivity index (χ0) is 17.2. The molecule has 130 valence electrons. The molecule has 4 rings (SSSR count). The maximum Gasteiger partial charge on any atom is 0.229 e. The number of amides is 2. The van der Waals surface area contributed by atoms with Crippen molar-refractivity contribution in [1.82, 2.24) is 19.8 Å². The molecule has 0 spiro atoms. The van der Waals surface area contributed by atoms with Crippen LogP contribution in [0.25, 0.3) is 10.9 Å². The van der Waals surface area contributed by atoms with Gasteiger partial charge >= 0.3 is 0 Å². The number of para-hydroxylation sites is 1. The van der Waals surface area contributed by atoms with Gasteiger partial charge in [-0.15, -0.1) is 0 Å². The van der Waals surface area contributed by atoms with Crippen LogP contribution < -0.4 is 4.90 Å². The van der Waals surface area contributed by atoms with Crippen molar-refractivity contribution in [2.75, 3.05) is 44.2 Å². The summed E-state index contributed by atoms with van der Waals surface area (Å²) in [6, 6.07) is 8.05. The number of nitrogens with zero attached hydrogens (tertiary/aromatic N) is 5. The Balaban J connectivity index is 1.37. The summed E-state index contributed by atoms with van der Waals surface area (Å²) in [6.07, 6.45) is 2.36. The van der Waals surface area contributed by atoms with Crippen LogP contribution in [0.5, 0.6) is 0 Å². The lowest BCUT2D eigenvalue weighted by atomic mass is 10.2. The number of imide groups is 1. The van der Waals surface area contributed by atoms with E-state index in [1.807, 2.05) is 18.2 Å². The SMILES string of the molecule is O=C1CCC(=O)N1CCN1CCN(c2ncnc3ccccc23)CC1. The second-order valence-corrected chi connectivity index (χ2v) is 6.48. The van der Waals surface area contributed by atoms with E-state index in [2.05, 4.69) is 25.8 Å². The Morgan fingerprint density at radius 2 is 1.60 bits per heavy atom. The first kappa shape index (κ1) is 16.0. The van der Waals surface area contributed by atoms with Gasteiger partial charge in [-0.2, -0.15) is 0 Å². The predicted molar refractivity (Wildman–Crippen MR) is 94.1 cm³/mol. The minimum atomic E-state index is -0.0314. The molecule has 2 aliphatic heterocycles. The fourth-order valence-corrected chi connectivity index (χ4v) is 3.54. The minimum Gasteiger partial charge on any atom is -0.353 e.